The zero-order valence-corrected chi connectivity index (χ0v) is 18.4. The third kappa shape index (κ3) is 4.41. The van der Waals surface area contributed by atoms with Crippen molar-refractivity contribution in [3.8, 4) is 40.1 Å². The van der Waals surface area contributed by atoms with Gasteiger partial charge >= 0.3 is 5.97 Å². The highest BCUT2D eigenvalue weighted by Gasteiger charge is 2.46. The Labute approximate surface area is 196 Å². The quantitative estimate of drug-likeness (QED) is 0.225. The third-order valence-electron chi connectivity index (χ3n) is 5.47. The van der Waals surface area contributed by atoms with E-state index in [0.29, 0.717) is 0 Å². The lowest BCUT2D eigenvalue weighted by Crippen LogP contribution is -2.59. The number of phenolic OH excluding ortho intramolecular Hbond substituents is 4. The van der Waals surface area contributed by atoms with E-state index in [1.807, 2.05) is 0 Å². The average molecular weight is 490 g/mol. The zero-order chi connectivity index (χ0) is 25.6. The number of benzene rings is 2. The highest BCUT2D eigenvalue weighted by Crippen LogP contribution is 2.39. The number of carbonyl (C=O) groups excluding carboxylic acids is 1. The number of aliphatic hydroxyl groups excluding tert-OH is 2. The summed E-state index contributed by atoms with van der Waals surface area (Å²) in [5.41, 5.74) is -1.11. The second-order valence-corrected chi connectivity index (χ2v) is 8.01. The lowest BCUT2D eigenvalue weighted by Gasteiger charge is -2.40. The van der Waals surface area contributed by atoms with Crippen LogP contribution in [0, 0.1) is 0 Å². The van der Waals surface area contributed by atoms with Crippen LogP contribution in [0.2, 0.25) is 0 Å². The molecule has 1 saturated heterocycles. The fraction of sp³-hybridized carbons (Fsp3) is 0.304. The standard InChI is InChI=1S/C23H22O12/c1-8-17(29)21(33-9(2)24)19(31)23(32-8)35-22-18(30)16-14(28)6-11(25)7-15(16)34-20(22)10-3-4-12(26)13(27)5-10/h3-8,17,19,21,23,25-29,31H,1-2H3/t8?,17-,19-,21?,23-/m0/s1. The van der Waals surface area contributed by atoms with Crippen LogP contribution in [0.5, 0.6) is 28.7 Å². The Bertz CT molecular complexity index is 1350. The maximum atomic E-state index is 13.4. The number of hydrogen-bond acceptors (Lipinski definition) is 12. The molecule has 0 aliphatic carbocycles. The Morgan fingerprint density at radius 1 is 0.971 bits per heavy atom. The van der Waals surface area contributed by atoms with E-state index in [1.165, 1.54) is 13.0 Å². The summed E-state index contributed by atoms with van der Waals surface area (Å²) < 4.78 is 21.9. The molecule has 4 rings (SSSR count). The molecule has 2 unspecified atom stereocenters. The van der Waals surface area contributed by atoms with Crippen LogP contribution in [0.4, 0.5) is 0 Å². The largest absolute Gasteiger partial charge is 0.508 e. The Morgan fingerprint density at radius 3 is 2.34 bits per heavy atom. The fourth-order valence-corrected chi connectivity index (χ4v) is 3.77. The smallest absolute Gasteiger partial charge is 0.303 e. The van der Waals surface area contributed by atoms with Gasteiger partial charge in [0.25, 0.3) is 0 Å². The fourth-order valence-electron chi connectivity index (χ4n) is 3.77. The number of phenols is 4. The summed E-state index contributed by atoms with van der Waals surface area (Å²) in [5.74, 6) is -3.67. The number of esters is 1. The van der Waals surface area contributed by atoms with E-state index in [1.54, 1.807) is 0 Å². The first-order chi connectivity index (χ1) is 16.5. The zero-order valence-electron chi connectivity index (χ0n) is 18.4. The number of ether oxygens (including phenoxy) is 3. The van der Waals surface area contributed by atoms with Crippen LogP contribution in [-0.2, 0) is 14.3 Å². The molecule has 0 amide bonds. The molecule has 0 saturated carbocycles. The molecule has 186 valence electrons. The molecule has 1 aliphatic heterocycles. The number of hydrogen-bond donors (Lipinski definition) is 6. The van der Waals surface area contributed by atoms with Gasteiger partial charge in [0.2, 0.25) is 17.5 Å². The molecule has 5 atom stereocenters. The highest BCUT2D eigenvalue weighted by molar-refractivity contribution is 5.88. The maximum absolute atomic E-state index is 13.4. The molecule has 0 spiro atoms. The molecule has 1 aliphatic rings. The SMILES string of the molecule is CC(=O)OC1[C@@H](O)C(C)O[C@@H](Oc2c(-c3ccc(O)c(O)c3)oc3cc(O)cc(O)c3c2=O)[C@H]1O. The summed E-state index contributed by atoms with van der Waals surface area (Å²) in [5, 5.41) is 60.3. The Balaban J connectivity index is 1.88. The van der Waals surface area contributed by atoms with E-state index in [0.717, 1.165) is 31.2 Å². The topological polar surface area (TPSA) is 196 Å². The van der Waals surface area contributed by atoms with Gasteiger partial charge in [-0.3, -0.25) is 9.59 Å². The minimum Gasteiger partial charge on any atom is -0.508 e. The van der Waals surface area contributed by atoms with Crippen molar-refractivity contribution >= 4 is 16.9 Å². The Hall–Kier alpha value is -4.00. The van der Waals surface area contributed by atoms with Gasteiger partial charge in [-0.05, 0) is 25.1 Å². The number of aliphatic hydroxyl groups is 2. The van der Waals surface area contributed by atoms with E-state index in [4.69, 9.17) is 18.6 Å². The molecule has 35 heavy (non-hydrogen) atoms. The van der Waals surface area contributed by atoms with E-state index < -0.39 is 70.9 Å². The first-order valence-electron chi connectivity index (χ1n) is 10.4. The van der Waals surface area contributed by atoms with Gasteiger partial charge < -0.3 is 49.3 Å². The van der Waals surface area contributed by atoms with Crippen LogP contribution in [0.25, 0.3) is 22.3 Å². The van der Waals surface area contributed by atoms with E-state index >= 15 is 0 Å². The average Bonchev–Trinajstić information content (AvgIpc) is 2.77. The summed E-state index contributed by atoms with van der Waals surface area (Å²) in [4.78, 5) is 24.8. The summed E-state index contributed by atoms with van der Waals surface area (Å²) in [6, 6.07) is 5.48. The molecule has 1 aromatic heterocycles. The molecular formula is C23H22O12. The van der Waals surface area contributed by atoms with E-state index in [-0.39, 0.29) is 22.3 Å². The van der Waals surface area contributed by atoms with Crippen LogP contribution in [-0.4, -0.2) is 67.3 Å². The van der Waals surface area contributed by atoms with Gasteiger partial charge in [-0.25, -0.2) is 0 Å². The monoisotopic (exact) mass is 490 g/mol. The van der Waals surface area contributed by atoms with Crippen molar-refractivity contribution in [1.29, 1.82) is 0 Å². The van der Waals surface area contributed by atoms with Crippen molar-refractivity contribution in [2.24, 2.45) is 0 Å². The van der Waals surface area contributed by atoms with Crippen molar-refractivity contribution in [3.63, 3.8) is 0 Å². The number of rotatable bonds is 4. The lowest BCUT2D eigenvalue weighted by atomic mass is 9.99. The molecule has 6 N–H and O–H groups in total. The maximum Gasteiger partial charge on any atom is 0.303 e. The number of aromatic hydroxyl groups is 4. The number of carbonyl (C=O) groups is 1. The van der Waals surface area contributed by atoms with Crippen LogP contribution >= 0.6 is 0 Å². The van der Waals surface area contributed by atoms with Crippen LogP contribution in [0.1, 0.15) is 13.8 Å². The normalized spacial score (nSPS) is 24.3. The molecule has 0 bridgehead atoms. The molecular weight excluding hydrogens is 468 g/mol. The summed E-state index contributed by atoms with van der Waals surface area (Å²) in [6.45, 7) is 2.51. The second-order valence-electron chi connectivity index (χ2n) is 8.01. The van der Waals surface area contributed by atoms with Gasteiger partial charge in [-0.1, -0.05) is 0 Å². The molecule has 2 aromatic carbocycles. The van der Waals surface area contributed by atoms with Gasteiger partial charge in [-0.15, -0.1) is 0 Å². The first-order valence-corrected chi connectivity index (χ1v) is 10.4. The van der Waals surface area contributed by atoms with Crippen molar-refractivity contribution in [2.75, 3.05) is 0 Å². The second kappa shape index (κ2) is 8.98. The molecule has 12 nitrogen and oxygen atoms in total. The molecule has 1 fully saturated rings. The van der Waals surface area contributed by atoms with Crippen LogP contribution in [0.15, 0.2) is 39.5 Å². The molecule has 0 radical (unpaired) electrons. The van der Waals surface area contributed by atoms with Gasteiger partial charge in [0.05, 0.1) is 6.10 Å². The third-order valence-corrected chi connectivity index (χ3v) is 5.47. The van der Waals surface area contributed by atoms with Gasteiger partial charge in [-0.2, -0.15) is 0 Å². The van der Waals surface area contributed by atoms with Gasteiger partial charge in [0.15, 0.2) is 29.5 Å². The summed E-state index contributed by atoms with van der Waals surface area (Å²) in [6.07, 6.45) is -7.22. The lowest BCUT2D eigenvalue weighted by molar-refractivity contribution is -0.272. The Kier molecular flexibility index (Phi) is 6.19. The summed E-state index contributed by atoms with van der Waals surface area (Å²) in [7, 11) is 0. The molecule has 12 heteroatoms. The van der Waals surface area contributed by atoms with Crippen LogP contribution < -0.4 is 10.2 Å². The van der Waals surface area contributed by atoms with Crippen molar-refractivity contribution in [1.82, 2.24) is 0 Å². The predicted octanol–water partition coefficient (Wildman–Crippen LogP) is 1.06. The van der Waals surface area contributed by atoms with E-state index in [9.17, 15) is 40.2 Å². The summed E-state index contributed by atoms with van der Waals surface area (Å²) >= 11 is 0. The van der Waals surface area contributed by atoms with Gasteiger partial charge in [0, 0.05) is 24.6 Å². The highest BCUT2D eigenvalue weighted by atomic mass is 16.7. The predicted molar refractivity (Wildman–Crippen MR) is 117 cm³/mol. The number of fused-ring (bicyclic) bond motifs is 1. The Morgan fingerprint density at radius 2 is 1.69 bits per heavy atom. The van der Waals surface area contributed by atoms with Crippen molar-refractivity contribution in [3.05, 3.63) is 40.6 Å². The van der Waals surface area contributed by atoms with Gasteiger partial charge in [0.1, 0.15) is 28.6 Å². The minimum atomic E-state index is -1.74. The molecule has 2 heterocycles. The van der Waals surface area contributed by atoms with Crippen molar-refractivity contribution in [2.45, 2.75) is 44.6 Å². The minimum absolute atomic E-state index is 0.0482. The molecule has 3 aromatic rings. The van der Waals surface area contributed by atoms with E-state index in [2.05, 4.69) is 0 Å². The van der Waals surface area contributed by atoms with Crippen LogP contribution in [0.3, 0.4) is 0 Å². The van der Waals surface area contributed by atoms with Crippen molar-refractivity contribution < 1.29 is 54.1 Å². The first kappa shape index (κ1) is 24.1.